The number of benzene rings is 2. The lowest BCUT2D eigenvalue weighted by atomic mass is 10.1. The predicted octanol–water partition coefficient (Wildman–Crippen LogP) is 1.89. The molecule has 142 valence electrons. The van der Waals surface area contributed by atoms with Gasteiger partial charge in [0.05, 0.1) is 10.8 Å². The Labute approximate surface area is 158 Å². The zero-order valence-corrected chi connectivity index (χ0v) is 15.7. The molecule has 0 saturated carbocycles. The Hall–Kier alpha value is -2.71. The molecule has 1 aliphatic heterocycles. The van der Waals surface area contributed by atoms with Gasteiger partial charge in [0.2, 0.25) is 21.8 Å². The summed E-state index contributed by atoms with van der Waals surface area (Å²) in [6.45, 7) is 2.30. The molecule has 0 aromatic heterocycles. The van der Waals surface area contributed by atoms with E-state index >= 15 is 0 Å². The number of anilines is 2. The summed E-state index contributed by atoms with van der Waals surface area (Å²) in [6.07, 6.45) is 0.899. The third kappa shape index (κ3) is 4.17. The minimum Gasteiger partial charge on any atom is -0.326 e. The maximum atomic E-state index is 12.6. The highest BCUT2D eigenvalue weighted by atomic mass is 32.2. The number of para-hydroxylation sites is 1. The number of aryl methyl sites for hydroxylation is 1. The first-order valence-corrected chi connectivity index (χ1v) is 10.2. The summed E-state index contributed by atoms with van der Waals surface area (Å²) in [5, 5.41) is 7.79. The lowest BCUT2D eigenvalue weighted by Crippen LogP contribution is -2.28. The Morgan fingerprint density at radius 3 is 2.67 bits per heavy atom. The standard InChI is InChI=1S/C19H21N3O4S/c1-2-13-6-3-4-9-17(13)22-12-14(10-18(22)23)19(24)21-15-7-5-8-16(11-15)27(20,25)26/h3-9,11,14H,2,10,12H2,1H3,(H,21,24)(H2,20,25,26)/t14-/m1/s1. The number of hydrogen-bond acceptors (Lipinski definition) is 4. The zero-order chi connectivity index (χ0) is 19.6. The summed E-state index contributed by atoms with van der Waals surface area (Å²) in [6, 6.07) is 13.4. The second-order valence-electron chi connectivity index (χ2n) is 6.45. The number of primary sulfonamides is 1. The van der Waals surface area contributed by atoms with Crippen LogP contribution in [0.2, 0.25) is 0 Å². The fraction of sp³-hybridized carbons (Fsp3) is 0.263. The number of sulfonamides is 1. The Morgan fingerprint density at radius 1 is 1.22 bits per heavy atom. The first kappa shape index (κ1) is 19.1. The molecule has 3 N–H and O–H groups in total. The molecular weight excluding hydrogens is 366 g/mol. The van der Waals surface area contributed by atoms with Crippen molar-refractivity contribution in [1.82, 2.24) is 0 Å². The van der Waals surface area contributed by atoms with Crippen molar-refractivity contribution in [3.05, 3.63) is 54.1 Å². The van der Waals surface area contributed by atoms with Gasteiger partial charge in [0.25, 0.3) is 0 Å². The van der Waals surface area contributed by atoms with Crippen LogP contribution in [0, 0.1) is 5.92 Å². The third-order valence-electron chi connectivity index (χ3n) is 4.59. The van der Waals surface area contributed by atoms with Crippen LogP contribution in [-0.4, -0.2) is 26.8 Å². The second-order valence-corrected chi connectivity index (χ2v) is 8.01. The quantitative estimate of drug-likeness (QED) is 0.816. The highest BCUT2D eigenvalue weighted by Gasteiger charge is 2.35. The summed E-state index contributed by atoms with van der Waals surface area (Å²) in [5.41, 5.74) is 2.20. The van der Waals surface area contributed by atoms with Gasteiger partial charge in [-0.15, -0.1) is 0 Å². The van der Waals surface area contributed by atoms with Gasteiger partial charge in [0.15, 0.2) is 0 Å². The summed E-state index contributed by atoms with van der Waals surface area (Å²) in [5.74, 6) is -0.943. The molecule has 8 heteroatoms. The van der Waals surface area contributed by atoms with Crippen LogP contribution in [0.25, 0.3) is 0 Å². The van der Waals surface area contributed by atoms with E-state index in [1.54, 1.807) is 11.0 Å². The molecule has 1 atom stereocenters. The molecule has 1 saturated heterocycles. The average Bonchev–Trinajstić information content (AvgIpc) is 3.03. The van der Waals surface area contributed by atoms with Crippen molar-refractivity contribution >= 4 is 33.2 Å². The van der Waals surface area contributed by atoms with Crippen LogP contribution in [0.1, 0.15) is 18.9 Å². The lowest BCUT2D eigenvalue weighted by Gasteiger charge is -2.20. The zero-order valence-electron chi connectivity index (χ0n) is 14.9. The van der Waals surface area contributed by atoms with Crippen LogP contribution in [0.4, 0.5) is 11.4 Å². The van der Waals surface area contributed by atoms with Crippen LogP contribution in [0.15, 0.2) is 53.4 Å². The van der Waals surface area contributed by atoms with E-state index in [4.69, 9.17) is 5.14 Å². The van der Waals surface area contributed by atoms with Crippen molar-refractivity contribution in [1.29, 1.82) is 0 Å². The molecule has 2 aromatic rings. The van der Waals surface area contributed by atoms with Gasteiger partial charge in [0.1, 0.15) is 0 Å². The Morgan fingerprint density at radius 2 is 1.96 bits per heavy atom. The van der Waals surface area contributed by atoms with E-state index in [1.165, 1.54) is 18.2 Å². The minimum absolute atomic E-state index is 0.0821. The Balaban J connectivity index is 1.75. The molecule has 0 unspecified atom stereocenters. The SMILES string of the molecule is CCc1ccccc1N1C[C@H](C(=O)Nc2cccc(S(N)(=O)=O)c2)CC1=O. The summed E-state index contributed by atoms with van der Waals surface area (Å²) >= 11 is 0. The van der Waals surface area contributed by atoms with Crippen LogP contribution < -0.4 is 15.4 Å². The van der Waals surface area contributed by atoms with E-state index in [9.17, 15) is 18.0 Å². The number of nitrogens with two attached hydrogens (primary N) is 1. The largest absolute Gasteiger partial charge is 0.326 e. The monoisotopic (exact) mass is 387 g/mol. The van der Waals surface area contributed by atoms with Crippen molar-refractivity contribution in [3.8, 4) is 0 Å². The van der Waals surface area contributed by atoms with Crippen LogP contribution in [0.5, 0.6) is 0 Å². The summed E-state index contributed by atoms with van der Waals surface area (Å²) in [4.78, 5) is 26.6. The Kier molecular flexibility index (Phi) is 5.29. The van der Waals surface area contributed by atoms with Crippen LogP contribution >= 0.6 is 0 Å². The molecule has 3 rings (SSSR count). The van der Waals surface area contributed by atoms with Crippen LogP contribution in [-0.2, 0) is 26.0 Å². The summed E-state index contributed by atoms with van der Waals surface area (Å²) < 4.78 is 22.9. The molecule has 0 radical (unpaired) electrons. The maximum absolute atomic E-state index is 12.6. The molecule has 7 nitrogen and oxygen atoms in total. The average molecular weight is 387 g/mol. The van der Waals surface area contributed by atoms with E-state index in [0.29, 0.717) is 5.69 Å². The maximum Gasteiger partial charge on any atom is 0.238 e. The van der Waals surface area contributed by atoms with Gasteiger partial charge in [-0.25, -0.2) is 13.6 Å². The number of hydrogen-bond donors (Lipinski definition) is 2. The fourth-order valence-electron chi connectivity index (χ4n) is 3.18. The van der Waals surface area contributed by atoms with Crippen molar-refractivity contribution in [2.24, 2.45) is 11.1 Å². The van der Waals surface area contributed by atoms with Crippen molar-refractivity contribution in [2.75, 3.05) is 16.8 Å². The number of rotatable bonds is 5. The highest BCUT2D eigenvalue weighted by molar-refractivity contribution is 7.89. The number of carbonyl (C=O) groups excluding carboxylic acids is 2. The molecule has 0 spiro atoms. The molecule has 1 fully saturated rings. The van der Waals surface area contributed by atoms with Gasteiger partial charge in [-0.3, -0.25) is 9.59 Å². The van der Waals surface area contributed by atoms with E-state index < -0.39 is 15.9 Å². The Bertz CT molecular complexity index is 988. The molecule has 1 aliphatic rings. The molecule has 2 amide bonds. The highest BCUT2D eigenvalue weighted by Crippen LogP contribution is 2.29. The van der Waals surface area contributed by atoms with Gasteiger partial charge in [-0.2, -0.15) is 0 Å². The number of nitrogens with one attached hydrogen (secondary N) is 1. The van der Waals surface area contributed by atoms with Crippen molar-refractivity contribution < 1.29 is 18.0 Å². The first-order valence-electron chi connectivity index (χ1n) is 8.61. The van der Waals surface area contributed by atoms with Gasteiger partial charge in [-0.05, 0) is 36.2 Å². The molecular formula is C19H21N3O4S. The number of carbonyl (C=O) groups is 2. The van der Waals surface area contributed by atoms with E-state index in [0.717, 1.165) is 17.7 Å². The first-order chi connectivity index (χ1) is 12.8. The molecule has 2 aromatic carbocycles. The lowest BCUT2D eigenvalue weighted by molar-refractivity contribution is -0.122. The topological polar surface area (TPSA) is 110 Å². The van der Waals surface area contributed by atoms with Crippen molar-refractivity contribution in [2.45, 2.75) is 24.7 Å². The fourth-order valence-corrected chi connectivity index (χ4v) is 3.74. The van der Waals surface area contributed by atoms with Gasteiger partial charge in [-0.1, -0.05) is 31.2 Å². The number of amides is 2. The smallest absolute Gasteiger partial charge is 0.238 e. The van der Waals surface area contributed by atoms with E-state index in [2.05, 4.69) is 5.32 Å². The minimum atomic E-state index is -3.86. The van der Waals surface area contributed by atoms with Gasteiger partial charge in [0, 0.05) is 24.3 Å². The van der Waals surface area contributed by atoms with E-state index in [1.807, 2.05) is 31.2 Å². The second kappa shape index (κ2) is 7.50. The molecule has 1 heterocycles. The normalized spacial score (nSPS) is 17.2. The molecule has 0 aliphatic carbocycles. The van der Waals surface area contributed by atoms with Gasteiger partial charge < -0.3 is 10.2 Å². The van der Waals surface area contributed by atoms with Gasteiger partial charge >= 0.3 is 0 Å². The molecule has 27 heavy (non-hydrogen) atoms. The predicted molar refractivity (Wildman–Crippen MR) is 103 cm³/mol. The number of nitrogens with zero attached hydrogens (tertiary/aromatic N) is 1. The van der Waals surface area contributed by atoms with E-state index in [-0.39, 0.29) is 29.7 Å². The van der Waals surface area contributed by atoms with Crippen molar-refractivity contribution in [3.63, 3.8) is 0 Å². The third-order valence-corrected chi connectivity index (χ3v) is 5.50. The molecule has 0 bridgehead atoms. The van der Waals surface area contributed by atoms with Crippen LogP contribution in [0.3, 0.4) is 0 Å². The summed E-state index contributed by atoms with van der Waals surface area (Å²) in [7, 11) is -3.86.